The molecule has 0 bridgehead atoms. The van der Waals surface area contributed by atoms with Crippen molar-refractivity contribution in [2.45, 2.75) is 161 Å². The summed E-state index contributed by atoms with van der Waals surface area (Å²) in [6, 6.07) is 0. The Morgan fingerprint density at radius 1 is 0.600 bits per heavy atom. The maximum atomic E-state index is 11.5. The van der Waals surface area contributed by atoms with Gasteiger partial charge in [0.15, 0.2) is 0 Å². The average molecular weight is 1230 g/mol. The molecule has 29 heteroatoms. The lowest BCUT2D eigenvalue weighted by atomic mass is 9.86. The van der Waals surface area contributed by atoms with Crippen LogP contribution in [0.1, 0.15) is 100 Å². The van der Waals surface area contributed by atoms with Crippen molar-refractivity contribution in [1.29, 1.82) is 0 Å². The van der Waals surface area contributed by atoms with Crippen molar-refractivity contribution in [3.8, 4) is 0 Å². The molecular weight excluding hydrogens is 1170 g/mol. The highest BCUT2D eigenvalue weighted by Crippen LogP contribution is 2.41. The van der Waals surface area contributed by atoms with E-state index in [1.54, 1.807) is 151 Å². The van der Waals surface area contributed by atoms with Gasteiger partial charge in [-0.1, -0.05) is 61.8 Å². The van der Waals surface area contributed by atoms with Crippen molar-refractivity contribution in [2.75, 3.05) is 6.61 Å². The lowest BCUT2D eigenvalue weighted by Gasteiger charge is -2.42. The van der Waals surface area contributed by atoms with Gasteiger partial charge in [-0.2, -0.15) is 0 Å². The Kier molecular flexibility index (Phi) is 35.9. The predicted molar refractivity (Wildman–Crippen MR) is 304 cm³/mol. The van der Waals surface area contributed by atoms with Crippen LogP contribution in [0.3, 0.4) is 0 Å². The molecule has 60 heavy (non-hydrogen) atoms. The van der Waals surface area contributed by atoms with Gasteiger partial charge in [-0.25, -0.2) is 0 Å². The monoisotopic (exact) mass is 1230 g/mol. The van der Waals surface area contributed by atoms with Crippen LogP contribution in [-0.4, -0.2) is 83.8 Å². The van der Waals surface area contributed by atoms with E-state index in [1.165, 1.54) is 17.8 Å². The maximum absolute atomic E-state index is 11.5. The van der Waals surface area contributed by atoms with E-state index in [2.05, 4.69) is 34.6 Å². The summed E-state index contributed by atoms with van der Waals surface area (Å²) in [7, 11) is 32.6. The first-order valence-electron chi connectivity index (χ1n) is 18.6. The Morgan fingerprint density at radius 2 is 1.00 bits per heavy atom. The summed E-state index contributed by atoms with van der Waals surface area (Å²) < 4.78 is 29.9. The van der Waals surface area contributed by atoms with Gasteiger partial charge in [0.25, 0.3) is 0 Å². The second kappa shape index (κ2) is 35.9. The molecule has 5 aliphatic heterocycles. The second-order valence-electron chi connectivity index (χ2n) is 14.0. The maximum Gasteiger partial charge on any atom is 0.306 e. The Labute approximate surface area is 421 Å². The molecule has 0 aromatic rings. The minimum atomic E-state index is -0.474. The third-order valence-electron chi connectivity index (χ3n) is 10.3. The lowest BCUT2D eigenvalue weighted by molar-refractivity contribution is -0.211. The number of hydrogen-bond acceptors (Lipinski definition) is 10. The highest BCUT2D eigenvalue weighted by atomic mass is 33.5. The number of carbonyl (C=O) groups excluding carboxylic acids is 1. The Bertz CT molecular complexity index is 2140. The van der Waals surface area contributed by atoms with Gasteiger partial charge in [0.05, 0.1) is 61.4 Å². The largest absolute Gasteiger partial charge is 0.459 e. The number of aliphatic hydroxyl groups excluding tert-OH is 2. The highest BCUT2D eigenvalue weighted by Gasteiger charge is 2.50. The van der Waals surface area contributed by atoms with Crippen molar-refractivity contribution in [2.24, 2.45) is 23.7 Å². The van der Waals surface area contributed by atoms with Gasteiger partial charge in [-0.15, -0.1) is 0 Å². The van der Waals surface area contributed by atoms with Gasteiger partial charge >= 0.3 is 5.97 Å². The summed E-state index contributed by atoms with van der Waals surface area (Å²) in [4.78, 5) is 11.5. The molecule has 0 aliphatic carbocycles. The standard InChI is InChI=1S/C15H24O4.C15H28O4.CH4.S21/c1-4-8(2)10-6-12-11(17-10)7-13-15(19-12)9(3)5-14(16)18-13;1-4-9(2)12-8-14-13(18-12)7-11(17)15(19-14)10(3)5-6-16;;1-3-5-7-9-11-13-15-17-19-21-20-18-16-14-12-10-8-6-4-2/h8-13,15H,4-7H2,1-3H3;9-17H,4-8H2,1-3H3;1H4;/t8-,9-,10-,11+,12+,13-,15-;9-,10-,11-,12-,13+,14+,15-;;/m00../s1. The lowest BCUT2D eigenvalue weighted by Crippen LogP contribution is -2.53. The highest BCUT2D eigenvalue weighted by molar-refractivity contribution is 8.78. The number of esters is 1. The average Bonchev–Trinajstić information content (AvgIpc) is 3.84. The van der Waals surface area contributed by atoms with E-state index >= 15 is 0 Å². The van der Waals surface area contributed by atoms with Crippen molar-refractivity contribution in [1.82, 2.24) is 0 Å². The van der Waals surface area contributed by atoms with Crippen molar-refractivity contribution in [3.63, 3.8) is 0 Å². The molecule has 5 saturated heterocycles. The number of rotatable bonds is 7. The third kappa shape index (κ3) is 22.5. The molecule has 0 radical (unpaired) electrons. The normalized spacial score (nSPS) is 30.8. The van der Waals surface area contributed by atoms with Crippen LogP contribution in [0.5, 0.6) is 0 Å². The summed E-state index contributed by atoms with van der Waals surface area (Å²) in [6.45, 7) is 13.1. The SMILES string of the molecule is C.CC[C@H](C)[C@@H]1C[C@H]2O[C@@H]([C@@H](C)CCO)[C@@H](O)C[C@H]2O1.CC[C@H](C)[C@@H]1C[C@H]2O[C@@H]3[C@H](C[C@H]2O1)OC(=O)C[C@@H]3C.S=S=S=S=S=S=S=S=S=S=S=S=S=S=S=S=S=S=S=S=S. The zero-order chi connectivity index (χ0) is 43.0. The predicted octanol–water partition coefficient (Wildman–Crippen LogP) is 4.61. The number of hydrogen-bond donors (Lipinski definition) is 2. The molecule has 0 amide bonds. The van der Waals surface area contributed by atoms with E-state index < -0.39 is 6.10 Å². The summed E-state index contributed by atoms with van der Waals surface area (Å²) in [5.41, 5.74) is 0. The minimum absolute atomic E-state index is 0. The van der Waals surface area contributed by atoms with Crippen molar-refractivity contribution in [3.05, 3.63) is 0 Å². The van der Waals surface area contributed by atoms with E-state index in [0.717, 1.165) is 32.1 Å². The number of aliphatic hydroxyl groups is 2. The van der Waals surface area contributed by atoms with E-state index in [9.17, 15) is 9.90 Å². The molecule has 0 aromatic carbocycles. The van der Waals surface area contributed by atoms with Gasteiger partial charge < -0.3 is 33.9 Å². The number of ether oxygens (including phenoxy) is 5. The fourth-order valence-electron chi connectivity index (χ4n) is 7.06. The minimum Gasteiger partial charge on any atom is -0.459 e. The van der Waals surface area contributed by atoms with E-state index in [0.29, 0.717) is 37.2 Å². The smallest absolute Gasteiger partial charge is 0.306 e. The van der Waals surface area contributed by atoms with Gasteiger partial charge in [-0.3, -0.25) is 4.79 Å². The fourth-order valence-corrected chi connectivity index (χ4v) is 53.7. The van der Waals surface area contributed by atoms with Crippen LogP contribution in [0.25, 0.3) is 0 Å². The first kappa shape index (κ1) is 60.0. The molecular formula is C31H56O8S21. The van der Waals surface area contributed by atoms with Crippen molar-refractivity contribution >= 4 is 197 Å². The zero-order valence-electron chi connectivity index (χ0n) is 32.9. The molecule has 0 spiro atoms. The molecule has 8 nitrogen and oxygen atoms in total. The Morgan fingerprint density at radius 3 is 1.42 bits per heavy atom. The van der Waals surface area contributed by atoms with Gasteiger partial charge in [0, 0.05) is 223 Å². The van der Waals surface area contributed by atoms with Crippen LogP contribution < -0.4 is 0 Å². The van der Waals surface area contributed by atoms with Gasteiger partial charge in [0.1, 0.15) is 6.10 Å². The molecule has 0 unspecified atom stereocenters. The molecule has 14 atom stereocenters. The van der Waals surface area contributed by atoms with Crippen LogP contribution in [0.2, 0.25) is 0 Å². The van der Waals surface area contributed by atoms with Gasteiger partial charge in [-0.05, 0) is 30.1 Å². The summed E-state index contributed by atoms with van der Waals surface area (Å²) in [5, 5.41) is 19.2. The van der Waals surface area contributed by atoms with Crippen LogP contribution in [0, 0.1) is 23.7 Å². The van der Waals surface area contributed by atoms with E-state index in [4.69, 9.17) is 51.2 Å². The third-order valence-corrected chi connectivity index (χ3v) is 50.3. The zero-order valence-corrected chi connectivity index (χ0v) is 50.0. The van der Waals surface area contributed by atoms with Crippen LogP contribution in [0.15, 0.2) is 0 Å². The summed E-state index contributed by atoms with van der Waals surface area (Å²) in [5.74, 6) is 1.46. The Balaban J connectivity index is 0.000000308. The quantitative estimate of drug-likeness (QED) is 0.352. The molecule has 0 saturated carbocycles. The van der Waals surface area contributed by atoms with E-state index in [-0.39, 0.29) is 80.7 Å². The van der Waals surface area contributed by atoms with Crippen LogP contribution in [0.4, 0.5) is 0 Å². The van der Waals surface area contributed by atoms with Crippen molar-refractivity contribution < 1.29 is 38.7 Å². The molecule has 354 valence electrons. The second-order valence-corrected chi connectivity index (χ2v) is 47.6. The van der Waals surface area contributed by atoms with Crippen LogP contribution in [-0.2, 0) is 220 Å². The van der Waals surface area contributed by atoms with E-state index in [1.807, 2.05) is 6.92 Å². The Hall–Kier alpha value is 3.85. The molecule has 5 aliphatic rings. The van der Waals surface area contributed by atoms with Gasteiger partial charge in [0.2, 0.25) is 0 Å². The molecule has 5 heterocycles. The van der Waals surface area contributed by atoms with Crippen LogP contribution >= 0.6 is 0 Å². The molecule has 5 rings (SSSR count). The number of carbonyl (C=O) groups is 1. The first-order chi connectivity index (χ1) is 28.6. The topological polar surface area (TPSA) is 104 Å². The molecule has 5 fully saturated rings. The molecule has 0 aromatic heterocycles. The number of fused-ring (bicyclic) bond motifs is 3. The summed E-state index contributed by atoms with van der Waals surface area (Å²) >= 11 is 9.52. The fraction of sp³-hybridized carbons (Fsp3) is 0.968. The summed E-state index contributed by atoms with van der Waals surface area (Å²) in [6.07, 6.45) is 7.15. The molecule has 2 N–H and O–H groups in total. The first-order valence-corrected chi connectivity index (χ1v) is 45.2.